The molecule has 0 aliphatic carbocycles. The molecule has 108 heavy (non-hydrogen) atoms. The molecule has 15 atom stereocenters. The average Bonchev–Trinajstić information content (AvgIpc) is 2.15. The summed E-state index contributed by atoms with van der Waals surface area (Å²) in [6.45, 7) is 50.9. The van der Waals surface area contributed by atoms with Crippen LogP contribution in [0.5, 0.6) is 0 Å². The molecule has 0 aromatic rings. The highest BCUT2D eigenvalue weighted by Gasteiger charge is 2.30. The van der Waals surface area contributed by atoms with E-state index in [1.165, 1.54) is 20.5 Å². The van der Waals surface area contributed by atoms with Gasteiger partial charge in [0.1, 0.15) is 24.9 Å². The number of epoxide rings is 7. The summed E-state index contributed by atoms with van der Waals surface area (Å²) in [6.07, 6.45) is 13.1. The van der Waals surface area contributed by atoms with Gasteiger partial charge in [-0.15, -0.1) is 46.1 Å². The molecule has 15 unspecified atom stereocenters. The zero-order valence-electron chi connectivity index (χ0n) is 66.0. The monoisotopic (exact) mass is 1570 g/mol. The fourth-order valence-corrected chi connectivity index (χ4v) is 7.93. The van der Waals surface area contributed by atoms with Crippen LogP contribution in [-0.2, 0) is 90.2 Å². The van der Waals surface area contributed by atoms with E-state index in [9.17, 15) is 30.3 Å². The van der Waals surface area contributed by atoms with E-state index in [0.717, 1.165) is 85.5 Å². The zero-order chi connectivity index (χ0) is 80.0. The Morgan fingerprint density at radius 2 is 0.667 bits per heavy atom. The van der Waals surface area contributed by atoms with Crippen molar-refractivity contribution in [3.8, 4) is 0 Å². The van der Waals surface area contributed by atoms with E-state index in [1.807, 2.05) is 33.0 Å². The van der Waals surface area contributed by atoms with Crippen LogP contribution < -0.4 is 0 Å². The van der Waals surface area contributed by atoms with Gasteiger partial charge in [-0.3, -0.25) is 10.1 Å². The number of methoxy groups -OCH3 is 2. The number of carbonyl (C=O) groups excluding carboxylic acids is 1. The Balaban J connectivity index is -0.000000369. The quantitative estimate of drug-likeness (QED) is 0.0108. The van der Waals surface area contributed by atoms with E-state index < -0.39 is 36.6 Å². The summed E-state index contributed by atoms with van der Waals surface area (Å²) in [7, 11) is 11.1. The number of ether oxygens (including phenoxy) is 17. The maximum atomic E-state index is 10.1. The van der Waals surface area contributed by atoms with Crippen molar-refractivity contribution in [1.29, 1.82) is 0 Å². The van der Waals surface area contributed by atoms with Gasteiger partial charge in [-0.05, 0) is 48.0 Å². The molecule has 7 fully saturated rings. The minimum Gasteiger partial charge on any atom is -0.463 e. The molecule has 7 aliphatic heterocycles. The summed E-state index contributed by atoms with van der Waals surface area (Å²) in [4.78, 5) is 22.3. The van der Waals surface area contributed by atoms with Crippen LogP contribution in [0.25, 0.3) is 0 Å². The summed E-state index contributed by atoms with van der Waals surface area (Å²) in [5, 5.41) is 73.7. The van der Waals surface area contributed by atoms with Crippen molar-refractivity contribution in [3.05, 3.63) is 88.6 Å². The first-order chi connectivity index (χ1) is 50.8. The van der Waals surface area contributed by atoms with Crippen LogP contribution in [0.4, 0.5) is 0 Å². The molecule has 7 aliphatic rings. The van der Waals surface area contributed by atoms with Crippen molar-refractivity contribution in [3.63, 3.8) is 0 Å². The summed E-state index contributed by atoms with van der Waals surface area (Å²) in [6, 6.07) is 0. The van der Waals surface area contributed by atoms with Gasteiger partial charge in [-0.2, -0.15) is 0 Å². The van der Waals surface area contributed by atoms with E-state index in [2.05, 4.69) is 89.1 Å². The van der Waals surface area contributed by atoms with Crippen LogP contribution in [0.1, 0.15) is 61.8 Å². The second-order valence-corrected chi connectivity index (χ2v) is 25.6. The van der Waals surface area contributed by atoms with Crippen molar-refractivity contribution >= 4 is 5.97 Å². The number of carbonyl (C=O) groups is 1. The lowest BCUT2D eigenvalue weighted by atomic mass is 10.2. The number of nitrogens with zero attached hydrogens (tertiary/aromatic N) is 4. The highest BCUT2D eigenvalue weighted by molar-refractivity contribution is 5.65. The summed E-state index contributed by atoms with van der Waals surface area (Å²) < 4.78 is 84.3. The highest BCUT2D eigenvalue weighted by atomic mass is 17.1. The lowest BCUT2D eigenvalue weighted by molar-refractivity contribution is -0.278. The molecule has 7 heterocycles. The number of likely N-dealkylation sites (N-methyl/N-ethyl adjacent to an activating group) is 4. The Morgan fingerprint density at radius 3 is 0.898 bits per heavy atom. The molecule has 7 saturated heterocycles. The average molecular weight is 1570 g/mol. The van der Waals surface area contributed by atoms with Crippen LogP contribution >= 0.6 is 0 Å². The normalized spacial score (nSPS) is 20.7. The lowest BCUT2D eigenvalue weighted by Gasteiger charge is -2.23. The van der Waals surface area contributed by atoms with Gasteiger partial charge in [-0.1, -0.05) is 71.2 Å². The van der Waals surface area contributed by atoms with Gasteiger partial charge in [0.05, 0.1) is 225 Å². The predicted molar refractivity (Wildman–Crippen MR) is 420 cm³/mol. The third-order valence-corrected chi connectivity index (χ3v) is 13.7. The molecule has 31 nitrogen and oxygen atoms in total. The fraction of sp³-hybridized carbons (Fsp3) is 0.805. The summed E-state index contributed by atoms with van der Waals surface area (Å²) in [5.41, 5.74) is 0. The van der Waals surface area contributed by atoms with E-state index >= 15 is 0 Å². The standard InChI is InChI=1S/C13H25NO4.2C10H19NO3.C8H16O4.C7H13NO2.C7H14O3.C7H14O2.C5H8O3.C4H8O2.C4H8O.2CH4/c1-4-6-17-10-12(15)8-14(3)9-13(16)11-18-7-5-2;2*1-3-4-13-7-9(12)5-11(2)6-10-8-14-10;1-3-4-11-6-8(9)5-7(2)12-10;1-8(2-6-4-9-6)3-7-5-10-7;1-3-4-10-6-7(8)5-9-2;1-3-5-9-6-7(8)4-2;1-4(6)7-2-5-3-8-5;1-5-2-4-3-6-4;1-2-4-3-5-4;;/h4-5,12-13,15-16H,1-2,6-11H2,3H3;2*3,9-10,12H,1,4-8H2,2H3;3,7-10H,1,4-6H2,2H3;6-7H,2-5H2,1H3;3,7-8H,1,4-6H2,2H3;3,7-8H,1,4-6H2,2H3;5H,2-3H2,1H3;4H,2-3H2,1H3;4H,2-3H2,1H3;2*1H4. The first-order valence-corrected chi connectivity index (χ1v) is 36.4. The molecule has 0 amide bonds. The maximum absolute atomic E-state index is 10.1. The van der Waals surface area contributed by atoms with Crippen LogP contribution in [0.3, 0.4) is 0 Å². The zero-order valence-corrected chi connectivity index (χ0v) is 66.0. The van der Waals surface area contributed by atoms with Gasteiger partial charge < -0.3 is 136 Å². The molecule has 642 valence electrons. The number of hydrogen-bond acceptors (Lipinski definition) is 31. The molecule has 0 aromatic heterocycles. The molecule has 0 radical (unpaired) electrons. The fourth-order valence-electron chi connectivity index (χ4n) is 7.93. The molecule has 0 spiro atoms. The number of rotatable bonds is 55. The van der Waals surface area contributed by atoms with Gasteiger partial charge in [0, 0.05) is 79.9 Å². The lowest BCUT2D eigenvalue weighted by Crippen LogP contribution is -2.38. The predicted octanol–water partition coefficient (Wildman–Crippen LogP) is 3.54. The smallest absolute Gasteiger partial charge is 0.302 e. The van der Waals surface area contributed by atoms with Crippen LogP contribution in [0.15, 0.2) is 88.6 Å². The summed E-state index contributed by atoms with van der Waals surface area (Å²) in [5.74, 6) is -0.236. The molecule has 0 saturated carbocycles. The highest BCUT2D eigenvalue weighted by Crippen LogP contribution is 2.15. The Hall–Kier alpha value is -3.51. The van der Waals surface area contributed by atoms with Crippen LogP contribution in [-0.4, -0.2) is 411 Å². The van der Waals surface area contributed by atoms with Crippen molar-refractivity contribution in [2.24, 2.45) is 0 Å². The summed E-state index contributed by atoms with van der Waals surface area (Å²) >= 11 is 0. The minimum absolute atomic E-state index is 0. The molecule has 0 aromatic carbocycles. The maximum Gasteiger partial charge on any atom is 0.302 e. The van der Waals surface area contributed by atoms with Crippen molar-refractivity contribution in [2.45, 2.75) is 153 Å². The van der Waals surface area contributed by atoms with E-state index in [4.69, 9.17) is 86.5 Å². The Morgan fingerprint density at radius 1 is 0.398 bits per heavy atom. The van der Waals surface area contributed by atoms with Crippen molar-refractivity contribution in [1.82, 2.24) is 19.6 Å². The second-order valence-electron chi connectivity index (χ2n) is 25.6. The molecule has 31 heteroatoms. The molecular formula is C77H152N4O27. The Labute approximate surface area is 649 Å². The third-order valence-electron chi connectivity index (χ3n) is 13.7. The van der Waals surface area contributed by atoms with E-state index in [0.29, 0.717) is 155 Å². The van der Waals surface area contributed by atoms with Gasteiger partial charge in [0.15, 0.2) is 0 Å². The van der Waals surface area contributed by atoms with Crippen LogP contribution in [0, 0.1) is 0 Å². The molecular weight excluding hydrogens is 1410 g/mol. The first-order valence-electron chi connectivity index (χ1n) is 36.4. The van der Waals surface area contributed by atoms with Crippen molar-refractivity contribution in [2.75, 3.05) is 253 Å². The number of aliphatic hydroxyl groups excluding tert-OH is 7. The number of hydrogen-bond donors (Lipinski definition) is 8. The third kappa shape index (κ3) is 94.9. The second kappa shape index (κ2) is 80.1. The molecule has 8 N–H and O–H groups in total. The van der Waals surface area contributed by atoms with Crippen molar-refractivity contribution < 1.29 is 131 Å². The van der Waals surface area contributed by atoms with Crippen LogP contribution in [0.2, 0.25) is 0 Å². The number of esters is 1. The van der Waals surface area contributed by atoms with Gasteiger partial charge >= 0.3 is 5.97 Å². The van der Waals surface area contributed by atoms with E-state index in [-0.39, 0.29) is 59.0 Å². The Kier molecular flexibility index (Phi) is 83.9. The number of aliphatic hydroxyl groups is 7. The molecule has 0 bridgehead atoms. The van der Waals surface area contributed by atoms with E-state index in [1.54, 1.807) is 56.6 Å². The SMILES string of the molecule is C.C.C=CCOCC(O)CC.C=CCOCC(O)CC(C)OO.C=CCOCC(O)CN(C)CC(O)COCC=C.C=CCOCC(O)CN(C)CC1CO1.C=CCOCC(O)CN(C)CC1CO1.C=CCOCC(O)COC.CC(=O)OCC1CO1.CCC1CO1.CN(CC1CO1)CC1CO1.COCC1CO1. The minimum atomic E-state index is -0.605. The largest absolute Gasteiger partial charge is 0.463 e. The molecule has 7 rings (SSSR count). The van der Waals surface area contributed by atoms with Gasteiger partial charge in [0.25, 0.3) is 0 Å². The Bertz CT molecular complexity index is 1940. The van der Waals surface area contributed by atoms with Gasteiger partial charge in [-0.25, -0.2) is 4.89 Å². The van der Waals surface area contributed by atoms with Gasteiger partial charge in [0.2, 0.25) is 0 Å². The topological polar surface area (TPSA) is 381 Å². The first kappa shape index (κ1) is 113.